The van der Waals surface area contributed by atoms with E-state index in [1.807, 2.05) is 62.4 Å². The normalized spacial score (nSPS) is 10.6. The highest BCUT2D eigenvalue weighted by atomic mass is 32.2. The van der Waals surface area contributed by atoms with Gasteiger partial charge in [0.25, 0.3) is 0 Å². The van der Waals surface area contributed by atoms with Gasteiger partial charge in [0.2, 0.25) is 11.1 Å². The standard InChI is InChI=1S/C18H19N5OS/c1-12-7-3-5-9-14(12)17-21-22-18(23(17)19)25-11-16(24)20-15-10-6-4-8-13(15)2/h3-10H,11,19H2,1-2H3,(H,20,24). The second-order valence-electron chi connectivity index (χ2n) is 5.64. The molecule has 0 spiro atoms. The van der Waals surface area contributed by atoms with Crippen LogP contribution in [-0.4, -0.2) is 26.5 Å². The average molecular weight is 353 g/mol. The third-order valence-corrected chi connectivity index (χ3v) is 4.75. The van der Waals surface area contributed by atoms with Gasteiger partial charge in [-0.05, 0) is 31.0 Å². The van der Waals surface area contributed by atoms with Gasteiger partial charge in [-0.15, -0.1) is 10.2 Å². The fraction of sp³-hybridized carbons (Fsp3) is 0.167. The number of anilines is 1. The van der Waals surface area contributed by atoms with Gasteiger partial charge in [-0.2, -0.15) is 0 Å². The van der Waals surface area contributed by atoms with Crippen molar-refractivity contribution in [2.24, 2.45) is 0 Å². The number of hydrogen-bond donors (Lipinski definition) is 2. The third-order valence-electron chi connectivity index (χ3n) is 3.80. The first kappa shape index (κ1) is 17.0. The molecule has 0 radical (unpaired) electrons. The number of aryl methyl sites for hydroxylation is 2. The maximum absolute atomic E-state index is 12.1. The van der Waals surface area contributed by atoms with E-state index in [2.05, 4.69) is 15.5 Å². The van der Waals surface area contributed by atoms with Crippen LogP contribution in [0.3, 0.4) is 0 Å². The molecule has 0 atom stereocenters. The molecule has 0 aliphatic carbocycles. The summed E-state index contributed by atoms with van der Waals surface area (Å²) < 4.78 is 1.42. The van der Waals surface area contributed by atoms with E-state index in [0.29, 0.717) is 11.0 Å². The summed E-state index contributed by atoms with van der Waals surface area (Å²) in [6.45, 7) is 3.94. The Morgan fingerprint density at radius 3 is 2.48 bits per heavy atom. The maximum atomic E-state index is 12.1. The number of rotatable bonds is 5. The van der Waals surface area contributed by atoms with E-state index >= 15 is 0 Å². The Bertz CT molecular complexity index is 906. The fourth-order valence-electron chi connectivity index (χ4n) is 2.41. The predicted octanol–water partition coefficient (Wildman–Crippen LogP) is 3.01. The molecule has 2 aromatic carbocycles. The molecule has 7 heteroatoms. The molecule has 3 rings (SSSR count). The topological polar surface area (TPSA) is 85.8 Å². The molecule has 1 heterocycles. The van der Waals surface area contributed by atoms with E-state index in [-0.39, 0.29) is 11.7 Å². The Balaban J connectivity index is 1.67. The molecule has 0 fully saturated rings. The molecule has 0 saturated carbocycles. The Morgan fingerprint density at radius 1 is 1.08 bits per heavy atom. The number of hydrogen-bond acceptors (Lipinski definition) is 5. The van der Waals surface area contributed by atoms with E-state index in [1.54, 1.807) is 0 Å². The highest BCUT2D eigenvalue weighted by Gasteiger charge is 2.15. The summed E-state index contributed by atoms with van der Waals surface area (Å²) >= 11 is 1.25. The average Bonchev–Trinajstić information content (AvgIpc) is 2.96. The summed E-state index contributed by atoms with van der Waals surface area (Å²) in [5.41, 5.74) is 3.82. The molecule has 128 valence electrons. The summed E-state index contributed by atoms with van der Waals surface area (Å²) in [7, 11) is 0. The van der Waals surface area contributed by atoms with Crippen LogP contribution in [0.4, 0.5) is 5.69 Å². The zero-order chi connectivity index (χ0) is 17.8. The quantitative estimate of drug-likeness (QED) is 0.544. The second kappa shape index (κ2) is 7.40. The van der Waals surface area contributed by atoms with Gasteiger partial charge >= 0.3 is 0 Å². The number of nitrogens with one attached hydrogen (secondary N) is 1. The predicted molar refractivity (Wildman–Crippen MR) is 101 cm³/mol. The fourth-order valence-corrected chi connectivity index (χ4v) is 3.07. The van der Waals surface area contributed by atoms with E-state index < -0.39 is 0 Å². The number of carbonyl (C=O) groups excluding carboxylic acids is 1. The molecule has 3 N–H and O–H groups in total. The Labute approximate surface area is 150 Å². The van der Waals surface area contributed by atoms with Crippen LogP contribution in [0.25, 0.3) is 11.4 Å². The smallest absolute Gasteiger partial charge is 0.234 e. The lowest BCUT2D eigenvalue weighted by molar-refractivity contribution is -0.113. The van der Waals surface area contributed by atoms with E-state index in [0.717, 1.165) is 22.4 Å². The summed E-state index contributed by atoms with van der Waals surface area (Å²) in [5, 5.41) is 11.6. The molecule has 6 nitrogen and oxygen atoms in total. The van der Waals surface area contributed by atoms with E-state index in [1.165, 1.54) is 16.4 Å². The van der Waals surface area contributed by atoms with Crippen LogP contribution >= 0.6 is 11.8 Å². The van der Waals surface area contributed by atoms with Crippen LogP contribution in [0, 0.1) is 13.8 Å². The van der Waals surface area contributed by atoms with Gasteiger partial charge in [0.15, 0.2) is 5.82 Å². The Morgan fingerprint density at radius 2 is 1.76 bits per heavy atom. The lowest BCUT2D eigenvalue weighted by Gasteiger charge is -2.08. The number of nitrogens with zero attached hydrogens (tertiary/aromatic N) is 3. The van der Waals surface area contributed by atoms with Crippen LogP contribution in [-0.2, 0) is 4.79 Å². The van der Waals surface area contributed by atoms with Crippen molar-refractivity contribution in [1.82, 2.24) is 14.9 Å². The molecule has 1 aromatic heterocycles. The number of carbonyl (C=O) groups is 1. The van der Waals surface area contributed by atoms with E-state index in [4.69, 9.17) is 5.84 Å². The van der Waals surface area contributed by atoms with Crippen molar-refractivity contribution in [2.45, 2.75) is 19.0 Å². The molecule has 0 unspecified atom stereocenters. The first-order valence-electron chi connectivity index (χ1n) is 7.81. The Hall–Kier alpha value is -2.80. The number of nitrogens with two attached hydrogens (primary N) is 1. The molecule has 0 saturated heterocycles. The summed E-state index contributed by atoms with van der Waals surface area (Å²) in [4.78, 5) is 12.1. The summed E-state index contributed by atoms with van der Waals surface area (Å²) in [6, 6.07) is 15.5. The number of thioether (sulfide) groups is 1. The third kappa shape index (κ3) is 3.83. The minimum atomic E-state index is -0.111. The van der Waals surface area contributed by atoms with Gasteiger partial charge in [0.05, 0.1) is 5.75 Å². The largest absolute Gasteiger partial charge is 0.335 e. The number of nitrogen functional groups attached to an aromatic ring is 1. The zero-order valence-electron chi connectivity index (χ0n) is 14.1. The van der Waals surface area contributed by atoms with Crippen molar-refractivity contribution in [3.8, 4) is 11.4 Å². The number of benzene rings is 2. The zero-order valence-corrected chi connectivity index (χ0v) is 14.9. The van der Waals surface area contributed by atoms with Crippen molar-refractivity contribution in [1.29, 1.82) is 0 Å². The first-order valence-corrected chi connectivity index (χ1v) is 8.79. The number of aromatic nitrogens is 3. The minimum Gasteiger partial charge on any atom is -0.335 e. The minimum absolute atomic E-state index is 0.111. The van der Waals surface area contributed by atoms with Crippen LogP contribution in [0.15, 0.2) is 53.7 Å². The number of para-hydroxylation sites is 1. The van der Waals surface area contributed by atoms with Gasteiger partial charge in [0, 0.05) is 11.3 Å². The first-order chi connectivity index (χ1) is 12.1. The molecule has 25 heavy (non-hydrogen) atoms. The monoisotopic (exact) mass is 353 g/mol. The Kier molecular flexibility index (Phi) is 5.04. The summed E-state index contributed by atoms with van der Waals surface area (Å²) in [6.07, 6.45) is 0. The van der Waals surface area contributed by atoms with Crippen LogP contribution in [0.2, 0.25) is 0 Å². The highest BCUT2D eigenvalue weighted by molar-refractivity contribution is 7.99. The van der Waals surface area contributed by atoms with Crippen LogP contribution in [0.1, 0.15) is 11.1 Å². The molecule has 0 aliphatic heterocycles. The lowest BCUT2D eigenvalue weighted by Crippen LogP contribution is -2.17. The maximum Gasteiger partial charge on any atom is 0.234 e. The van der Waals surface area contributed by atoms with Crippen molar-refractivity contribution in [3.63, 3.8) is 0 Å². The van der Waals surface area contributed by atoms with Crippen molar-refractivity contribution in [2.75, 3.05) is 16.9 Å². The molecule has 1 amide bonds. The number of amides is 1. The van der Waals surface area contributed by atoms with Crippen molar-refractivity contribution in [3.05, 3.63) is 59.7 Å². The lowest BCUT2D eigenvalue weighted by atomic mass is 10.1. The van der Waals surface area contributed by atoms with Gasteiger partial charge in [0.1, 0.15) is 0 Å². The highest BCUT2D eigenvalue weighted by Crippen LogP contribution is 2.24. The SMILES string of the molecule is Cc1ccccc1NC(=O)CSc1nnc(-c2ccccc2C)n1N. The van der Waals surface area contributed by atoms with Gasteiger partial charge < -0.3 is 11.2 Å². The van der Waals surface area contributed by atoms with Crippen LogP contribution < -0.4 is 11.2 Å². The second-order valence-corrected chi connectivity index (χ2v) is 6.59. The van der Waals surface area contributed by atoms with Gasteiger partial charge in [-0.25, -0.2) is 4.68 Å². The summed E-state index contributed by atoms with van der Waals surface area (Å²) in [5.74, 6) is 6.78. The molecular formula is C18H19N5OS. The van der Waals surface area contributed by atoms with Gasteiger partial charge in [-0.3, -0.25) is 4.79 Å². The van der Waals surface area contributed by atoms with E-state index in [9.17, 15) is 4.79 Å². The van der Waals surface area contributed by atoms with Gasteiger partial charge in [-0.1, -0.05) is 54.2 Å². The van der Waals surface area contributed by atoms with Crippen molar-refractivity contribution < 1.29 is 4.79 Å². The molecular weight excluding hydrogens is 334 g/mol. The molecule has 3 aromatic rings. The molecule has 0 bridgehead atoms. The van der Waals surface area contributed by atoms with Crippen molar-refractivity contribution >= 4 is 23.4 Å². The van der Waals surface area contributed by atoms with Crippen LogP contribution in [0.5, 0.6) is 0 Å². The molecule has 0 aliphatic rings.